The lowest BCUT2D eigenvalue weighted by atomic mass is 10.1. The lowest BCUT2D eigenvalue weighted by Crippen LogP contribution is -2.47. The molecule has 1 heterocycles. The van der Waals surface area contributed by atoms with Gasteiger partial charge in [-0.2, -0.15) is 0 Å². The third-order valence-corrected chi connectivity index (χ3v) is 5.22. The van der Waals surface area contributed by atoms with Gasteiger partial charge >= 0.3 is 0 Å². The van der Waals surface area contributed by atoms with Crippen molar-refractivity contribution >= 4 is 11.8 Å². The molecule has 1 aliphatic rings. The van der Waals surface area contributed by atoms with Crippen LogP contribution in [-0.2, 0) is 22.6 Å². The molecule has 3 rings (SSSR count). The summed E-state index contributed by atoms with van der Waals surface area (Å²) >= 11 is 0. The van der Waals surface area contributed by atoms with Crippen molar-refractivity contribution in [3.8, 4) is 11.5 Å². The van der Waals surface area contributed by atoms with Gasteiger partial charge in [0.05, 0.1) is 0 Å². The highest BCUT2D eigenvalue weighted by Crippen LogP contribution is 2.32. The number of hydrogen-bond donors (Lipinski definition) is 1. The smallest absolute Gasteiger partial charge is 0.242 e. The van der Waals surface area contributed by atoms with Crippen molar-refractivity contribution < 1.29 is 19.1 Å². The van der Waals surface area contributed by atoms with Gasteiger partial charge in [-0.3, -0.25) is 9.59 Å². The summed E-state index contributed by atoms with van der Waals surface area (Å²) in [5.41, 5.74) is 3.15. The van der Waals surface area contributed by atoms with Crippen LogP contribution in [-0.4, -0.2) is 36.1 Å². The molecule has 0 unspecified atom stereocenters. The van der Waals surface area contributed by atoms with Crippen molar-refractivity contribution in [3.63, 3.8) is 0 Å². The molecule has 30 heavy (non-hydrogen) atoms. The predicted octanol–water partition coefficient (Wildman–Crippen LogP) is 3.60. The van der Waals surface area contributed by atoms with E-state index in [0.29, 0.717) is 31.7 Å². The number of carbonyl (C=O) groups excluding carboxylic acids is 2. The summed E-state index contributed by atoms with van der Waals surface area (Å²) in [6, 6.07) is 13.2. The molecule has 1 atom stereocenters. The Hall–Kier alpha value is -3.02. The van der Waals surface area contributed by atoms with Crippen molar-refractivity contribution in [3.05, 3.63) is 59.2 Å². The quantitative estimate of drug-likeness (QED) is 0.686. The van der Waals surface area contributed by atoms with Crippen LogP contribution in [0.15, 0.2) is 42.5 Å². The molecule has 0 aliphatic carbocycles. The van der Waals surface area contributed by atoms with Crippen LogP contribution in [0.25, 0.3) is 0 Å². The van der Waals surface area contributed by atoms with Gasteiger partial charge in [0.25, 0.3) is 0 Å². The van der Waals surface area contributed by atoms with Crippen LogP contribution >= 0.6 is 0 Å². The topological polar surface area (TPSA) is 67.9 Å². The highest BCUT2D eigenvalue weighted by atomic mass is 16.7. The number of benzene rings is 2. The fourth-order valence-electron chi connectivity index (χ4n) is 3.48. The fourth-order valence-corrected chi connectivity index (χ4v) is 3.48. The SMILES string of the molecule is CCCNC(=O)[C@@H](C)N(Cc1cccc(C)c1)C(=O)CCc1ccc2c(c1)OCO2. The standard InChI is InChI=1S/C24H30N2O4/c1-4-12-25-24(28)18(3)26(15-20-7-5-6-17(2)13-20)23(27)11-9-19-8-10-21-22(14-19)30-16-29-21/h5-8,10,13-14,18H,4,9,11-12,15-16H2,1-3H3,(H,25,28)/t18-/m1/s1. The number of amides is 2. The van der Waals surface area contributed by atoms with Crippen LogP contribution in [0.1, 0.15) is 43.4 Å². The minimum absolute atomic E-state index is 0.0479. The molecular formula is C24H30N2O4. The summed E-state index contributed by atoms with van der Waals surface area (Å²) in [6.07, 6.45) is 1.74. The van der Waals surface area contributed by atoms with Crippen molar-refractivity contribution in [2.24, 2.45) is 0 Å². The second-order valence-electron chi connectivity index (χ2n) is 7.67. The number of fused-ring (bicyclic) bond motifs is 1. The first-order valence-corrected chi connectivity index (χ1v) is 10.5. The molecule has 160 valence electrons. The average Bonchev–Trinajstić information content (AvgIpc) is 3.21. The third-order valence-electron chi connectivity index (χ3n) is 5.22. The zero-order valence-corrected chi connectivity index (χ0v) is 17.9. The number of rotatable bonds is 9. The van der Waals surface area contributed by atoms with Gasteiger partial charge in [0, 0.05) is 19.5 Å². The van der Waals surface area contributed by atoms with Gasteiger partial charge in [-0.25, -0.2) is 0 Å². The first-order valence-electron chi connectivity index (χ1n) is 10.5. The van der Waals surface area contributed by atoms with Crippen LogP contribution in [0.4, 0.5) is 0 Å². The van der Waals surface area contributed by atoms with Gasteiger partial charge in [-0.05, 0) is 49.9 Å². The normalized spacial score (nSPS) is 13.0. The Bertz CT molecular complexity index is 897. The monoisotopic (exact) mass is 410 g/mol. The lowest BCUT2D eigenvalue weighted by molar-refractivity contribution is -0.140. The minimum atomic E-state index is -0.540. The second kappa shape index (κ2) is 10.1. The summed E-state index contributed by atoms with van der Waals surface area (Å²) in [4.78, 5) is 27.4. The van der Waals surface area contributed by atoms with Gasteiger partial charge < -0.3 is 19.7 Å². The van der Waals surface area contributed by atoms with Gasteiger partial charge in [0.2, 0.25) is 18.6 Å². The molecule has 2 aromatic carbocycles. The van der Waals surface area contributed by atoms with E-state index in [-0.39, 0.29) is 18.6 Å². The molecule has 6 heteroatoms. The number of nitrogens with one attached hydrogen (secondary N) is 1. The zero-order chi connectivity index (χ0) is 21.5. The third kappa shape index (κ3) is 5.53. The molecule has 1 aliphatic heterocycles. The zero-order valence-electron chi connectivity index (χ0n) is 17.9. The number of nitrogens with zero attached hydrogens (tertiary/aromatic N) is 1. The molecule has 1 N–H and O–H groups in total. The summed E-state index contributed by atoms with van der Waals surface area (Å²) in [7, 11) is 0. The van der Waals surface area contributed by atoms with Crippen LogP contribution in [0.2, 0.25) is 0 Å². The summed E-state index contributed by atoms with van der Waals surface area (Å²) in [5, 5.41) is 2.90. The first-order chi connectivity index (χ1) is 14.5. The van der Waals surface area contributed by atoms with Crippen molar-refractivity contribution in [2.45, 2.75) is 52.6 Å². The molecule has 2 amide bonds. The number of hydrogen-bond acceptors (Lipinski definition) is 4. The molecule has 0 saturated heterocycles. The molecule has 2 aromatic rings. The maximum absolute atomic E-state index is 13.1. The summed E-state index contributed by atoms with van der Waals surface area (Å²) < 4.78 is 10.8. The second-order valence-corrected chi connectivity index (χ2v) is 7.67. The summed E-state index contributed by atoms with van der Waals surface area (Å²) in [5.74, 6) is 1.27. The molecule has 0 radical (unpaired) electrons. The Morgan fingerprint density at radius 3 is 2.67 bits per heavy atom. The van der Waals surface area contributed by atoms with Crippen LogP contribution in [0, 0.1) is 6.92 Å². The van der Waals surface area contributed by atoms with E-state index in [2.05, 4.69) is 11.4 Å². The van der Waals surface area contributed by atoms with Crippen molar-refractivity contribution in [2.75, 3.05) is 13.3 Å². The molecule has 6 nitrogen and oxygen atoms in total. The van der Waals surface area contributed by atoms with E-state index in [1.165, 1.54) is 0 Å². The molecular weight excluding hydrogens is 380 g/mol. The van der Waals surface area contributed by atoms with E-state index >= 15 is 0 Å². The van der Waals surface area contributed by atoms with E-state index in [4.69, 9.17) is 9.47 Å². The van der Waals surface area contributed by atoms with Crippen LogP contribution < -0.4 is 14.8 Å². The number of aryl methyl sites for hydroxylation is 2. The van der Waals surface area contributed by atoms with E-state index in [0.717, 1.165) is 28.9 Å². The molecule has 0 aromatic heterocycles. The molecule has 0 spiro atoms. The fraction of sp³-hybridized carbons (Fsp3) is 0.417. The largest absolute Gasteiger partial charge is 0.454 e. The van der Waals surface area contributed by atoms with E-state index in [1.807, 2.05) is 50.2 Å². The Labute approximate surface area is 178 Å². The van der Waals surface area contributed by atoms with E-state index in [1.54, 1.807) is 11.8 Å². The summed E-state index contributed by atoms with van der Waals surface area (Å²) in [6.45, 7) is 7.06. The molecule has 0 bridgehead atoms. The van der Waals surface area contributed by atoms with Gasteiger partial charge in [0.15, 0.2) is 11.5 Å². The maximum atomic E-state index is 13.1. The Morgan fingerprint density at radius 2 is 1.90 bits per heavy atom. The molecule has 0 saturated carbocycles. The van der Waals surface area contributed by atoms with Crippen LogP contribution in [0.5, 0.6) is 11.5 Å². The lowest BCUT2D eigenvalue weighted by Gasteiger charge is -2.29. The van der Waals surface area contributed by atoms with Gasteiger partial charge in [0.1, 0.15) is 6.04 Å². The number of ether oxygens (including phenoxy) is 2. The highest BCUT2D eigenvalue weighted by Gasteiger charge is 2.26. The van der Waals surface area contributed by atoms with E-state index in [9.17, 15) is 9.59 Å². The minimum Gasteiger partial charge on any atom is -0.454 e. The van der Waals surface area contributed by atoms with E-state index < -0.39 is 6.04 Å². The highest BCUT2D eigenvalue weighted by molar-refractivity contribution is 5.87. The predicted molar refractivity (Wildman–Crippen MR) is 115 cm³/mol. The van der Waals surface area contributed by atoms with Crippen LogP contribution in [0.3, 0.4) is 0 Å². The maximum Gasteiger partial charge on any atom is 0.242 e. The Kier molecular flexibility index (Phi) is 7.33. The van der Waals surface area contributed by atoms with Crippen molar-refractivity contribution in [1.82, 2.24) is 10.2 Å². The average molecular weight is 411 g/mol. The van der Waals surface area contributed by atoms with Gasteiger partial charge in [-0.1, -0.05) is 42.8 Å². The Morgan fingerprint density at radius 1 is 1.10 bits per heavy atom. The number of carbonyl (C=O) groups is 2. The first kappa shape index (κ1) is 21.7. The van der Waals surface area contributed by atoms with Gasteiger partial charge in [-0.15, -0.1) is 0 Å². The Balaban J connectivity index is 1.70. The van der Waals surface area contributed by atoms with Crippen molar-refractivity contribution in [1.29, 1.82) is 0 Å². The molecule has 0 fully saturated rings.